The monoisotopic (exact) mass is 821 g/mol. The fourth-order valence-corrected chi connectivity index (χ4v) is 11.3. The summed E-state index contributed by atoms with van der Waals surface area (Å²) in [4.78, 5) is 2.34. The predicted octanol–water partition coefficient (Wildman–Crippen LogP) is 16.1. The zero-order valence-corrected chi connectivity index (χ0v) is 35.2. The van der Waals surface area contributed by atoms with E-state index in [1.165, 1.54) is 55.7 Å². The van der Waals surface area contributed by atoms with Crippen LogP contribution in [0.4, 0.5) is 17.1 Å². The van der Waals surface area contributed by atoms with E-state index in [9.17, 15) is 0 Å². The van der Waals surface area contributed by atoms with Gasteiger partial charge in [0.1, 0.15) is 0 Å². The van der Waals surface area contributed by atoms with E-state index in [1.807, 2.05) is 6.07 Å². The summed E-state index contributed by atoms with van der Waals surface area (Å²) in [5, 5.41) is 0. The van der Waals surface area contributed by atoms with Crippen LogP contribution in [0.15, 0.2) is 230 Å². The number of hydrogen-bond acceptors (Lipinski definition) is 3. The maximum absolute atomic E-state index is 7.29. The Kier molecular flexibility index (Phi) is 8.39. The van der Waals surface area contributed by atoms with Crippen molar-refractivity contribution >= 4 is 22.6 Å². The van der Waals surface area contributed by atoms with Crippen LogP contribution in [0.1, 0.15) is 58.1 Å². The molecule has 4 aliphatic carbocycles. The molecule has 0 aromatic heterocycles. The normalized spacial score (nSPS) is 19.2. The van der Waals surface area contributed by atoms with Gasteiger partial charge in [-0.2, -0.15) is 0 Å². The van der Waals surface area contributed by atoms with Crippen LogP contribution in [0, 0.1) is 0 Å². The van der Waals surface area contributed by atoms with E-state index in [1.54, 1.807) is 0 Å². The molecule has 0 bridgehead atoms. The summed E-state index contributed by atoms with van der Waals surface area (Å²) in [5.74, 6) is 3.26. The first-order chi connectivity index (χ1) is 31.8. The number of para-hydroxylation sites is 2. The van der Waals surface area contributed by atoms with Crippen LogP contribution in [0.3, 0.4) is 0 Å². The average molecular weight is 822 g/mol. The zero-order valence-electron chi connectivity index (χ0n) is 35.2. The summed E-state index contributed by atoms with van der Waals surface area (Å²) in [5.41, 5.74) is 17.9. The van der Waals surface area contributed by atoms with Crippen molar-refractivity contribution in [1.82, 2.24) is 0 Å². The third-order valence-electron chi connectivity index (χ3n) is 14.1. The molecule has 1 spiro atoms. The zero-order chi connectivity index (χ0) is 42.2. The van der Waals surface area contributed by atoms with E-state index in [0.29, 0.717) is 17.2 Å². The standard InChI is InChI=1S/C61H43NO2/c1-3-18-40(19-4-1)44-22-7-8-23-45(44)42-34-36-43(37-35-42)62(55-31-16-12-24-46(55)41-20-5-2-6-21-41)56-32-17-33-57-60(56)64-59-39-54-50(38-58(59)63-57)49-27-11-15-30-53(49)61(54)51-28-13-9-25-47(51)48-26-10-14-29-52(48)61/h1-9,11-25,27-39,44-45H,10,26H2. The number of nitrogens with zero attached hydrogens (tertiary/aromatic N) is 1. The lowest BCUT2D eigenvalue weighted by atomic mass is 9.69. The molecule has 8 aromatic carbocycles. The van der Waals surface area contributed by atoms with E-state index in [4.69, 9.17) is 9.47 Å². The van der Waals surface area contributed by atoms with Crippen molar-refractivity contribution in [2.75, 3.05) is 4.90 Å². The summed E-state index contributed by atoms with van der Waals surface area (Å²) >= 11 is 0. The summed E-state index contributed by atoms with van der Waals surface area (Å²) in [6.07, 6.45) is 15.8. The van der Waals surface area contributed by atoms with Gasteiger partial charge in [0.2, 0.25) is 0 Å². The first-order valence-corrected chi connectivity index (χ1v) is 22.5. The van der Waals surface area contributed by atoms with Crippen molar-refractivity contribution < 1.29 is 9.47 Å². The van der Waals surface area contributed by atoms with Crippen LogP contribution in [-0.2, 0) is 5.41 Å². The first kappa shape index (κ1) is 36.7. The number of anilines is 3. The number of fused-ring (bicyclic) bond motifs is 11. The highest BCUT2D eigenvalue weighted by atomic mass is 16.6. The Morgan fingerprint density at radius 2 is 1.09 bits per heavy atom. The fraction of sp³-hybridized carbons (Fsp3) is 0.0820. The van der Waals surface area contributed by atoms with Gasteiger partial charge in [0.25, 0.3) is 0 Å². The molecule has 0 saturated carbocycles. The van der Waals surface area contributed by atoms with Gasteiger partial charge in [0, 0.05) is 23.1 Å². The maximum Gasteiger partial charge on any atom is 0.194 e. The highest BCUT2D eigenvalue weighted by Crippen LogP contribution is 2.65. The van der Waals surface area contributed by atoms with E-state index in [-0.39, 0.29) is 11.8 Å². The molecule has 304 valence electrons. The molecule has 64 heavy (non-hydrogen) atoms. The lowest BCUT2D eigenvalue weighted by Crippen LogP contribution is -2.27. The quantitative estimate of drug-likeness (QED) is 0.167. The van der Waals surface area contributed by atoms with Gasteiger partial charge < -0.3 is 14.4 Å². The highest BCUT2D eigenvalue weighted by molar-refractivity contribution is 5.97. The Morgan fingerprint density at radius 1 is 0.469 bits per heavy atom. The molecule has 3 nitrogen and oxygen atoms in total. The van der Waals surface area contributed by atoms with Gasteiger partial charge in [-0.15, -0.1) is 0 Å². The molecular formula is C61H43NO2. The minimum Gasteiger partial charge on any atom is -0.449 e. The molecule has 3 unspecified atom stereocenters. The third-order valence-corrected chi connectivity index (χ3v) is 14.1. The number of allylic oxidation sites excluding steroid dienone is 8. The molecule has 0 saturated heterocycles. The SMILES string of the molecule is C1=CC(c2ccccc2)C(c2ccc(N(c3ccccc3-c3ccccc3)c3cccc4c3Oc3cc5c(cc3O4)-c3ccccc3C53C4=C(CCC=C4)c4ccccc43)cc2)C=C1. The molecule has 1 aliphatic heterocycles. The molecule has 0 amide bonds. The van der Waals surface area contributed by atoms with Gasteiger partial charge in [0.15, 0.2) is 23.0 Å². The Labute approximate surface area is 374 Å². The maximum atomic E-state index is 7.29. The van der Waals surface area contributed by atoms with Crippen LogP contribution in [0.2, 0.25) is 0 Å². The van der Waals surface area contributed by atoms with Gasteiger partial charge in [-0.05, 0) is 117 Å². The Bertz CT molecular complexity index is 3280. The van der Waals surface area contributed by atoms with Crippen LogP contribution in [0.5, 0.6) is 23.0 Å². The molecule has 5 aliphatic rings. The predicted molar refractivity (Wildman–Crippen MR) is 260 cm³/mol. The van der Waals surface area contributed by atoms with Crippen molar-refractivity contribution in [2.45, 2.75) is 30.1 Å². The molecule has 3 atom stereocenters. The van der Waals surface area contributed by atoms with Crippen LogP contribution >= 0.6 is 0 Å². The number of benzene rings is 8. The van der Waals surface area contributed by atoms with Crippen molar-refractivity contribution in [3.8, 4) is 45.3 Å². The molecule has 0 fully saturated rings. The van der Waals surface area contributed by atoms with Crippen molar-refractivity contribution in [3.05, 3.63) is 263 Å². The molecule has 3 heteroatoms. The van der Waals surface area contributed by atoms with Crippen molar-refractivity contribution in [2.24, 2.45) is 0 Å². The molecule has 8 aromatic rings. The molecule has 0 N–H and O–H groups in total. The number of rotatable bonds is 6. The molecule has 1 heterocycles. The van der Waals surface area contributed by atoms with Crippen LogP contribution in [-0.4, -0.2) is 0 Å². The summed E-state index contributed by atoms with van der Waals surface area (Å²) in [6, 6.07) is 68.0. The summed E-state index contributed by atoms with van der Waals surface area (Å²) < 4.78 is 14.3. The molecule has 0 radical (unpaired) electrons. The largest absolute Gasteiger partial charge is 0.449 e. The molecular weight excluding hydrogens is 779 g/mol. The van der Waals surface area contributed by atoms with Gasteiger partial charge in [0.05, 0.1) is 16.8 Å². The second-order valence-corrected chi connectivity index (χ2v) is 17.4. The smallest absolute Gasteiger partial charge is 0.194 e. The van der Waals surface area contributed by atoms with Gasteiger partial charge in [-0.25, -0.2) is 0 Å². The number of hydrogen-bond donors (Lipinski definition) is 0. The van der Waals surface area contributed by atoms with Crippen LogP contribution in [0.25, 0.3) is 27.8 Å². The lowest BCUT2D eigenvalue weighted by molar-refractivity contribution is 0.360. The Balaban J connectivity index is 0.962. The Morgan fingerprint density at radius 3 is 1.88 bits per heavy atom. The van der Waals surface area contributed by atoms with Crippen molar-refractivity contribution in [3.63, 3.8) is 0 Å². The van der Waals surface area contributed by atoms with E-state index in [0.717, 1.165) is 46.8 Å². The average Bonchev–Trinajstić information content (AvgIpc) is 3.83. The van der Waals surface area contributed by atoms with E-state index >= 15 is 0 Å². The summed E-state index contributed by atoms with van der Waals surface area (Å²) in [6.45, 7) is 0. The highest BCUT2D eigenvalue weighted by Gasteiger charge is 2.53. The van der Waals surface area contributed by atoms with E-state index in [2.05, 4.69) is 223 Å². The second-order valence-electron chi connectivity index (χ2n) is 17.4. The van der Waals surface area contributed by atoms with Gasteiger partial charge in [-0.1, -0.05) is 182 Å². The van der Waals surface area contributed by atoms with Crippen molar-refractivity contribution in [1.29, 1.82) is 0 Å². The Hall–Kier alpha value is -7.88. The van der Waals surface area contributed by atoms with Gasteiger partial charge in [-0.3, -0.25) is 0 Å². The summed E-state index contributed by atoms with van der Waals surface area (Å²) in [7, 11) is 0. The second kappa shape index (κ2) is 14.6. The molecule has 13 rings (SSSR count). The third kappa shape index (κ3) is 5.47. The van der Waals surface area contributed by atoms with Gasteiger partial charge >= 0.3 is 0 Å². The van der Waals surface area contributed by atoms with Crippen LogP contribution < -0.4 is 14.4 Å². The lowest BCUT2D eigenvalue weighted by Gasteiger charge is -2.34. The minimum atomic E-state index is -0.446. The van der Waals surface area contributed by atoms with E-state index < -0.39 is 5.41 Å². The number of ether oxygens (including phenoxy) is 2. The minimum absolute atomic E-state index is 0.211. The first-order valence-electron chi connectivity index (χ1n) is 22.5. The fourth-order valence-electron chi connectivity index (χ4n) is 11.3. The topological polar surface area (TPSA) is 21.7 Å².